The molecule has 0 atom stereocenters. The van der Waals surface area contributed by atoms with Crippen LogP contribution in [0.15, 0.2) is 229 Å². The second-order valence-electron chi connectivity index (χ2n) is 16.9. The second kappa shape index (κ2) is 14.8. The molecular weight excluding hydrogens is 793 g/mol. The van der Waals surface area contributed by atoms with Crippen molar-refractivity contribution in [3.05, 3.63) is 231 Å². The number of nitrogens with zero attached hydrogens (tertiary/aromatic N) is 2. The van der Waals surface area contributed by atoms with Gasteiger partial charge in [0.1, 0.15) is 23.5 Å². The Bertz CT molecular complexity index is 3860. The summed E-state index contributed by atoms with van der Waals surface area (Å²) in [6.45, 7) is 4.91. The Hall–Kier alpha value is -8.60. The maximum absolute atomic E-state index is 6.44. The number of furan rings is 1. The third-order valence-electron chi connectivity index (χ3n) is 13.1. The molecule has 306 valence electrons. The molecule has 1 aliphatic rings. The number of rotatable bonds is 5. The Labute approximate surface area is 375 Å². The zero-order chi connectivity index (χ0) is 43.0. The van der Waals surface area contributed by atoms with E-state index in [0.717, 1.165) is 83.6 Å². The van der Waals surface area contributed by atoms with Gasteiger partial charge in [-0.1, -0.05) is 134 Å². The molecule has 0 N–H and O–H groups in total. The topological polar surface area (TPSA) is 32.2 Å². The molecule has 0 fully saturated rings. The van der Waals surface area contributed by atoms with Crippen LogP contribution in [0.4, 0.5) is 0 Å². The summed E-state index contributed by atoms with van der Waals surface area (Å²) in [4.78, 5) is 0. The van der Waals surface area contributed by atoms with Gasteiger partial charge in [0, 0.05) is 49.3 Å². The number of hydrogen-bond donors (Lipinski definition) is 0. The molecule has 9 aromatic carbocycles. The predicted octanol–water partition coefficient (Wildman–Crippen LogP) is 16.3. The Morgan fingerprint density at radius 1 is 0.385 bits per heavy atom. The predicted molar refractivity (Wildman–Crippen MR) is 272 cm³/mol. The molecule has 0 aliphatic carbocycles. The molecule has 0 radical (unpaired) electrons. The minimum Gasteiger partial charge on any atom is -0.489 e. The second-order valence-corrected chi connectivity index (χ2v) is 16.9. The third-order valence-corrected chi connectivity index (χ3v) is 13.1. The van der Waals surface area contributed by atoms with E-state index >= 15 is 0 Å². The van der Waals surface area contributed by atoms with E-state index in [1.165, 1.54) is 43.6 Å². The quantitative estimate of drug-likeness (QED) is 0.173. The third kappa shape index (κ3) is 6.06. The van der Waals surface area contributed by atoms with Gasteiger partial charge in [0.2, 0.25) is 0 Å². The first kappa shape index (κ1) is 37.0. The summed E-state index contributed by atoms with van der Waals surface area (Å²) < 4.78 is 17.4. The zero-order valence-electron chi connectivity index (χ0n) is 35.4. The van der Waals surface area contributed by atoms with Gasteiger partial charge in [0.15, 0.2) is 0 Å². The summed E-state index contributed by atoms with van der Waals surface area (Å²) in [6, 6.07) is 70.1. The lowest BCUT2D eigenvalue weighted by molar-refractivity contribution is 0.362. The lowest BCUT2D eigenvalue weighted by Gasteiger charge is -2.16. The summed E-state index contributed by atoms with van der Waals surface area (Å²) in [5.74, 6) is 0.828. The van der Waals surface area contributed by atoms with E-state index in [9.17, 15) is 0 Å². The van der Waals surface area contributed by atoms with Crippen LogP contribution in [0.2, 0.25) is 0 Å². The first-order valence-electron chi connectivity index (χ1n) is 22.1. The highest BCUT2D eigenvalue weighted by molar-refractivity contribution is 6.12. The maximum Gasteiger partial charge on any atom is 0.135 e. The van der Waals surface area contributed by atoms with E-state index in [2.05, 4.69) is 210 Å². The van der Waals surface area contributed by atoms with E-state index in [1.807, 2.05) is 24.3 Å². The van der Waals surface area contributed by atoms with Crippen LogP contribution in [0.1, 0.15) is 5.56 Å². The lowest BCUT2D eigenvalue weighted by Crippen LogP contribution is -1.98. The highest BCUT2D eigenvalue weighted by Gasteiger charge is 2.18. The number of allylic oxidation sites excluding steroid dienone is 4. The minimum atomic E-state index is 0.504. The van der Waals surface area contributed by atoms with Crippen LogP contribution < -0.4 is 4.74 Å². The zero-order valence-corrected chi connectivity index (χ0v) is 35.4. The van der Waals surface area contributed by atoms with Gasteiger partial charge in [0.05, 0.1) is 22.1 Å². The molecule has 0 saturated heterocycles. The average Bonchev–Trinajstić information content (AvgIpc) is 4.03. The van der Waals surface area contributed by atoms with E-state index in [0.29, 0.717) is 6.61 Å². The van der Waals surface area contributed by atoms with Crippen molar-refractivity contribution < 1.29 is 9.15 Å². The molecule has 0 spiro atoms. The molecule has 1 aliphatic heterocycles. The highest BCUT2D eigenvalue weighted by Crippen LogP contribution is 2.40. The first-order valence-corrected chi connectivity index (χ1v) is 22.1. The fraction of sp³-hybridized carbons (Fsp3) is 0.0164. The lowest BCUT2D eigenvalue weighted by atomic mass is 9.94. The number of benzene rings is 9. The van der Waals surface area contributed by atoms with Gasteiger partial charge in [-0.2, -0.15) is 0 Å². The standard InChI is InChI=1S/C61H40N2O2/c1-39-13-3-2-12-32-64-59-29-26-43(36-52(39)59)45-33-44(34-47(35-45)63-57-20-10-6-16-50(57)51-17-7-11-21-58(51)63)41-24-22-40(23-25-41)42-27-30-60-53(37-42)54-38-46(28-31-61(54)65-60)62-55-18-8-4-14-48(55)49-15-5-9-19-56(49)62/h2-31,33-38H,1,32H2/b12-2-,13-3-. The fourth-order valence-electron chi connectivity index (χ4n) is 10.0. The summed E-state index contributed by atoms with van der Waals surface area (Å²) in [5, 5.41) is 7.15. The maximum atomic E-state index is 6.44. The molecule has 12 aromatic rings. The minimum absolute atomic E-state index is 0.504. The van der Waals surface area contributed by atoms with E-state index < -0.39 is 0 Å². The summed E-state index contributed by atoms with van der Waals surface area (Å²) in [6.07, 6.45) is 8.09. The van der Waals surface area contributed by atoms with Crippen molar-refractivity contribution >= 4 is 71.1 Å². The van der Waals surface area contributed by atoms with Crippen molar-refractivity contribution in [2.24, 2.45) is 0 Å². The molecule has 3 aromatic heterocycles. The normalized spacial score (nSPS) is 13.9. The number of hydrogen-bond acceptors (Lipinski definition) is 2. The van der Waals surface area contributed by atoms with Crippen molar-refractivity contribution in [1.82, 2.24) is 9.13 Å². The largest absolute Gasteiger partial charge is 0.489 e. The number of fused-ring (bicyclic) bond motifs is 10. The van der Waals surface area contributed by atoms with Crippen molar-refractivity contribution in [3.63, 3.8) is 0 Å². The molecule has 4 heterocycles. The van der Waals surface area contributed by atoms with Crippen LogP contribution in [-0.2, 0) is 0 Å². The van der Waals surface area contributed by atoms with Crippen LogP contribution in [0, 0.1) is 0 Å². The van der Waals surface area contributed by atoms with Crippen molar-refractivity contribution in [2.45, 2.75) is 0 Å². The van der Waals surface area contributed by atoms with E-state index in [4.69, 9.17) is 9.15 Å². The van der Waals surface area contributed by atoms with Crippen LogP contribution >= 0.6 is 0 Å². The summed E-state index contributed by atoms with van der Waals surface area (Å²) in [7, 11) is 0. The Kier molecular flexibility index (Phi) is 8.40. The van der Waals surface area contributed by atoms with Crippen molar-refractivity contribution in [1.29, 1.82) is 0 Å². The molecule has 65 heavy (non-hydrogen) atoms. The van der Waals surface area contributed by atoms with Crippen LogP contribution in [0.3, 0.4) is 0 Å². The smallest absolute Gasteiger partial charge is 0.135 e. The molecule has 4 nitrogen and oxygen atoms in total. The summed E-state index contributed by atoms with van der Waals surface area (Å²) >= 11 is 0. The van der Waals surface area contributed by atoms with E-state index in [1.54, 1.807) is 0 Å². The van der Waals surface area contributed by atoms with Gasteiger partial charge < -0.3 is 18.3 Å². The first-order chi connectivity index (χ1) is 32.1. The number of para-hydroxylation sites is 4. The van der Waals surface area contributed by atoms with Gasteiger partial charge >= 0.3 is 0 Å². The van der Waals surface area contributed by atoms with Gasteiger partial charge in [0.25, 0.3) is 0 Å². The SMILES string of the molecule is C=C1/C=C\C=C/COc2ccc(-c3cc(-c4ccc(-c5ccc6oc7ccc(-n8c9ccccc9c9ccccc98)cc7c6c5)cc4)cc(-n4c5ccccc5c5ccccc54)c3)cc21. The molecule has 0 saturated carbocycles. The van der Waals surface area contributed by atoms with E-state index in [-0.39, 0.29) is 0 Å². The van der Waals surface area contributed by atoms with Crippen molar-refractivity contribution in [3.8, 4) is 50.5 Å². The highest BCUT2D eigenvalue weighted by atomic mass is 16.5. The van der Waals surface area contributed by atoms with Gasteiger partial charge in [-0.3, -0.25) is 0 Å². The molecular formula is C61H40N2O2. The van der Waals surface area contributed by atoms with Crippen LogP contribution in [0.5, 0.6) is 5.75 Å². The Morgan fingerprint density at radius 2 is 0.877 bits per heavy atom. The molecule has 4 heteroatoms. The van der Waals surface area contributed by atoms with Gasteiger partial charge in [-0.15, -0.1) is 0 Å². The number of ether oxygens (including phenoxy) is 1. The van der Waals surface area contributed by atoms with Gasteiger partial charge in [-0.05, 0) is 130 Å². The summed E-state index contributed by atoms with van der Waals surface area (Å²) in [5.41, 5.74) is 17.3. The molecule has 13 rings (SSSR count). The van der Waals surface area contributed by atoms with Gasteiger partial charge in [-0.25, -0.2) is 0 Å². The Balaban J connectivity index is 0.924. The van der Waals surface area contributed by atoms with Crippen molar-refractivity contribution in [2.75, 3.05) is 6.61 Å². The fourth-order valence-corrected chi connectivity index (χ4v) is 10.0. The Morgan fingerprint density at radius 3 is 1.51 bits per heavy atom. The molecule has 0 amide bonds. The average molecular weight is 833 g/mol. The van der Waals surface area contributed by atoms with Crippen LogP contribution in [0.25, 0.3) is 116 Å². The van der Waals surface area contributed by atoms with Crippen LogP contribution in [-0.4, -0.2) is 15.7 Å². The monoisotopic (exact) mass is 832 g/mol. The number of aromatic nitrogens is 2. The molecule has 0 bridgehead atoms. The molecule has 0 unspecified atom stereocenters.